The molecule has 1 fully saturated rings. The van der Waals surface area contributed by atoms with Crippen LogP contribution >= 0.6 is 7.82 Å². The van der Waals surface area contributed by atoms with Gasteiger partial charge in [0, 0.05) is 12.7 Å². The number of aliphatic hydroxyl groups excluding tert-OH is 2. The normalized spacial score (nSPS) is 21.1. The predicted octanol–water partition coefficient (Wildman–Crippen LogP) is 5.67. The lowest BCUT2D eigenvalue weighted by Gasteiger charge is -2.24. The Hall–Kier alpha value is -3.77. The molecule has 18 heteroatoms. The van der Waals surface area contributed by atoms with Crippen molar-refractivity contribution in [3.63, 3.8) is 0 Å². The van der Waals surface area contributed by atoms with Gasteiger partial charge in [0.25, 0.3) is 0 Å². The smallest absolute Gasteiger partial charge is 0.472 e. The van der Waals surface area contributed by atoms with Crippen LogP contribution in [-0.2, 0) is 28.7 Å². The summed E-state index contributed by atoms with van der Waals surface area (Å²) in [6.45, 7) is 1.51. The van der Waals surface area contributed by atoms with E-state index < -0.39 is 44.4 Å². The lowest BCUT2D eigenvalue weighted by molar-refractivity contribution is -0.0669. The van der Waals surface area contributed by atoms with Crippen LogP contribution in [0.1, 0.15) is 121 Å². The van der Waals surface area contributed by atoms with Crippen LogP contribution in [0.3, 0.4) is 0 Å². The van der Waals surface area contributed by atoms with Gasteiger partial charge in [0.05, 0.1) is 18.9 Å². The maximum atomic E-state index is 13.2. The van der Waals surface area contributed by atoms with Gasteiger partial charge in [0.2, 0.25) is 11.5 Å². The highest BCUT2D eigenvalue weighted by Gasteiger charge is 2.58. The van der Waals surface area contributed by atoms with E-state index in [2.05, 4.69) is 27.2 Å². The molecule has 1 saturated heterocycles. The summed E-state index contributed by atoms with van der Waals surface area (Å²) in [7, 11) is -4.87. The lowest BCUT2D eigenvalue weighted by atomic mass is 9.92. The molecule has 1 unspecified atom stereocenters. The SMILES string of the molecule is CCCCCCCCCCCCCCCCCCOC[C@H](COc1ccc(C#N)nn1)OP(=O)(O)OC[C@H]1O[C@@](C#N)(c2ccc3c(N)ncnn23)[C@H](O)[C@@H]1O. The van der Waals surface area contributed by atoms with Crippen molar-refractivity contribution in [2.45, 2.75) is 140 Å². The highest BCUT2D eigenvalue weighted by Crippen LogP contribution is 2.47. The Morgan fingerprint density at radius 1 is 0.929 bits per heavy atom. The summed E-state index contributed by atoms with van der Waals surface area (Å²) in [5.41, 5.74) is 4.27. The molecular weight excluding hydrogens is 743 g/mol. The molecule has 1 aliphatic rings. The first kappa shape index (κ1) is 44.9. The van der Waals surface area contributed by atoms with Crippen molar-refractivity contribution in [1.82, 2.24) is 24.8 Å². The summed E-state index contributed by atoms with van der Waals surface area (Å²) in [6.07, 6.45) is 15.1. The predicted molar refractivity (Wildman–Crippen MR) is 205 cm³/mol. The van der Waals surface area contributed by atoms with Crippen LogP contribution in [0.4, 0.5) is 5.82 Å². The molecule has 0 aromatic carbocycles. The third-order valence-corrected chi connectivity index (χ3v) is 10.8. The summed E-state index contributed by atoms with van der Waals surface area (Å²) in [6, 6.07) is 9.58. The third kappa shape index (κ3) is 13.4. The minimum atomic E-state index is -4.87. The topological polar surface area (TPSA) is 253 Å². The van der Waals surface area contributed by atoms with Gasteiger partial charge in [-0.2, -0.15) is 15.6 Å². The van der Waals surface area contributed by atoms with E-state index in [1.54, 1.807) is 0 Å². The molecule has 3 aromatic heterocycles. The summed E-state index contributed by atoms with van der Waals surface area (Å²) in [5, 5.41) is 52.6. The van der Waals surface area contributed by atoms with Gasteiger partial charge in [-0.05, 0) is 24.6 Å². The van der Waals surface area contributed by atoms with Crippen molar-refractivity contribution in [2.75, 3.05) is 32.2 Å². The lowest BCUT2D eigenvalue weighted by Crippen LogP contribution is -2.41. The fourth-order valence-electron chi connectivity index (χ4n) is 6.65. The van der Waals surface area contributed by atoms with Crippen molar-refractivity contribution in [1.29, 1.82) is 10.5 Å². The zero-order chi connectivity index (χ0) is 40.2. The molecule has 0 radical (unpaired) electrons. The highest BCUT2D eigenvalue weighted by molar-refractivity contribution is 7.47. The Balaban J connectivity index is 1.20. The number of hydrogen-bond donors (Lipinski definition) is 4. The number of fused-ring (bicyclic) bond motifs is 1. The van der Waals surface area contributed by atoms with Crippen molar-refractivity contribution in [2.24, 2.45) is 0 Å². The summed E-state index contributed by atoms with van der Waals surface area (Å²) in [4.78, 5) is 14.6. The number of phosphoric ester groups is 1. The van der Waals surface area contributed by atoms with E-state index in [0.717, 1.165) is 25.6 Å². The highest BCUT2D eigenvalue weighted by atomic mass is 31.2. The van der Waals surface area contributed by atoms with E-state index in [1.807, 2.05) is 12.1 Å². The van der Waals surface area contributed by atoms with Crippen LogP contribution in [0.5, 0.6) is 5.88 Å². The summed E-state index contributed by atoms with van der Waals surface area (Å²) in [5.74, 6) is 0.169. The molecular formula is C38H57N8O9P. The second-order valence-corrected chi connectivity index (χ2v) is 15.6. The number of ether oxygens (including phenoxy) is 3. The number of rotatable bonds is 28. The fraction of sp³-hybridized carbons (Fsp3) is 0.684. The molecule has 1 aliphatic heterocycles. The molecule has 0 amide bonds. The average Bonchev–Trinajstić information content (AvgIpc) is 3.75. The van der Waals surface area contributed by atoms with Crippen LogP contribution in [0.25, 0.3) is 5.52 Å². The zero-order valence-corrected chi connectivity index (χ0v) is 33.2. The molecule has 5 N–H and O–H groups in total. The van der Waals surface area contributed by atoms with Gasteiger partial charge in [-0.25, -0.2) is 14.1 Å². The zero-order valence-electron chi connectivity index (χ0n) is 32.3. The van der Waals surface area contributed by atoms with Crippen LogP contribution in [0.15, 0.2) is 30.6 Å². The van der Waals surface area contributed by atoms with E-state index in [0.29, 0.717) is 12.1 Å². The van der Waals surface area contributed by atoms with Crippen LogP contribution in [0, 0.1) is 22.7 Å². The van der Waals surface area contributed by atoms with Crippen LogP contribution < -0.4 is 10.5 Å². The quantitative estimate of drug-likeness (QED) is 0.0509. The van der Waals surface area contributed by atoms with E-state index in [4.69, 9.17) is 34.3 Å². The molecule has 3 aromatic rings. The van der Waals surface area contributed by atoms with Gasteiger partial charge in [0.1, 0.15) is 55.0 Å². The second-order valence-electron chi connectivity index (χ2n) is 14.1. The van der Waals surface area contributed by atoms with Crippen LogP contribution in [-0.4, -0.2) is 90.7 Å². The number of anilines is 1. The number of phosphoric acid groups is 1. The van der Waals surface area contributed by atoms with Gasteiger partial charge in [0.15, 0.2) is 11.5 Å². The Bertz CT molecular complexity index is 1740. The molecule has 17 nitrogen and oxygen atoms in total. The third-order valence-electron chi connectivity index (χ3n) is 9.79. The summed E-state index contributed by atoms with van der Waals surface area (Å²) >= 11 is 0. The van der Waals surface area contributed by atoms with E-state index in [-0.39, 0.29) is 36.3 Å². The average molecular weight is 801 g/mol. The summed E-state index contributed by atoms with van der Waals surface area (Å²) < 4.78 is 42.3. The molecule has 4 heterocycles. The number of aromatic nitrogens is 5. The number of nitrogens with zero attached hydrogens (tertiary/aromatic N) is 7. The van der Waals surface area contributed by atoms with Crippen LogP contribution in [0.2, 0.25) is 0 Å². The van der Waals surface area contributed by atoms with Crippen molar-refractivity contribution in [3.8, 4) is 18.0 Å². The standard InChI is InChI=1S/C38H57N8O9P/c1-2-3-4-5-6-7-8-9-10-11-12-13-14-15-16-17-22-51-24-30(25-52-34-21-18-29(23-39)44-45-34)55-56(49,50)53-26-32-35(47)36(48)38(27-40,54-32)33-20-19-31-37(41)42-28-43-46(31)33/h18-21,28,30,32,35-36,47-48H,2-17,22,24-26H2,1H3,(H,49,50)(H2,41,42,43)/t30-,32-,35-,36-,38+/m1/s1. The monoisotopic (exact) mass is 800 g/mol. The number of unbranched alkanes of at least 4 members (excludes halogenated alkanes) is 15. The number of aliphatic hydroxyl groups is 2. The first-order valence-corrected chi connectivity index (χ1v) is 21.3. The Morgan fingerprint density at radius 2 is 1.57 bits per heavy atom. The largest absolute Gasteiger partial charge is 0.474 e. The molecule has 6 atom stereocenters. The maximum Gasteiger partial charge on any atom is 0.472 e. The van der Waals surface area contributed by atoms with E-state index >= 15 is 0 Å². The first-order valence-electron chi connectivity index (χ1n) is 19.8. The first-order chi connectivity index (χ1) is 27.1. The molecule has 0 spiro atoms. The van der Waals surface area contributed by atoms with Crippen molar-refractivity contribution in [3.05, 3.63) is 42.0 Å². The van der Waals surface area contributed by atoms with E-state index in [1.165, 1.54) is 112 Å². The molecule has 0 saturated carbocycles. The van der Waals surface area contributed by atoms with Gasteiger partial charge in [-0.3, -0.25) is 9.05 Å². The van der Waals surface area contributed by atoms with Gasteiger partial charge in [-0.1, -0.05) is 103 Å². The Kier molecular flexibility index (Phi) is 18.8. The molecule has 308 valence electrons. The second kappa shape index (κ2) is 23.5. The van der Waals surface area contributed by atoms with Gasteiger partial charge in [-0.15, -0.1) is 10.2 Å². The van der Waals surface area contributed by atoms with Crippen molar-refractivity contribution < 1.29 is 42.9 Å². The van der Waals surface area contributed by atoms with Gasteiger partial charge < -0.3 is 35.1 Å². The van der Waals surface area contributed by atoms with E-state index in [9.17, 15) is 24.9 Å². The van der Waals surface area contributed by atoms with Gasteiger partial charge >= 0.3 is 7.82 Å². The molecule has 56 heavy (non-hydrogen) atoms. The minimum Gasteiger partial charge on any atom is -0.474 e. The minimum absolute atomic E-state index is 0.0540. The fourth-order valence-corrected chi connectivity index (χ4v) is 7.54. The number of hydrogen-bond acceptors (Lipinski definition) is 15. The number of nitriles is 2. The molecule has 4 rings (SSSR count). The molecule has 0 bridgehead atoms. The Labute approximate surface area is 328 Å². The number of nitrogens with two attached hydrogens (primary N) is 1. The molecule has 0 aliphatic carbocycles. The maximum absolute atomic E-state index is 13.2. The van der Waals surface area contributed by atoms with Crippen molar-refractivity contribution >= 4 is 19.2 Å². The Morgan fingerprint density at radius 3 is 2.16 bits per heavy atom. The number of nitrogen functional groups attached to an aromatic ring is 1.